The number of ether oxygens (including phenoxy) is 1. The van der Waals surface area contributed by atoms with E-state index in [1.165, 1.54) is 6.42 Å². The zero-order valence-electron chi connectivity index (χ0n) is 21.4. The SMILES string of the molecule is CC.CCC.CCC(C)C(=O)OC1CCC(c2cc(Nc3ccc4c(c3F)CS(=S)C4)n[nH]2)C1. The number of H-pyrrole nitrogens is 1. The Morgan fingerprint density at radius 1 is 1.29 bits per heavy atom. The number of benzene rings is 1. The zero-order valence-corrected chi connectivity index (χ0v) is 23.0. The lowest BCUT2D eigenvalue weighted by Gasteiger charge is -2.15. The lowest BCUT2D eigenvalue weighted by atomic mass is 10.0. The summed E-state index contributed by atoms with van der Waals surface area (Å²) < 4.78 is 20.5. The summed E-state index contributed by atoms with van der Waals surface area (Å²) in [6.07, 6.45) is 4.59. The second-order valence-electron chi connectivity index (χ2n) is 8.71. The van der Waals surface area contributed by atoms with Gasteiger partial charge in [0.05, 0.1) is 11.6 Å². The van der Waals surface area contributed by atoms with E-state index < -0.39 is 0 Å². The third-order valence-corrected chi connectivity index (χ3v) is 7.90. The molecule has 2 aromatic rings. The number of hydrogen-bond donors (Lipinski definition) is 2. The van der Waals surface area contributed by atoms with Crippen LogP contribution in [0.1, 0.15) is 96.4 Å². The van der Waals surface area contributed by atoms with Crippen LogP contribution in [0.15, 0.2) is 18.2 Å². The maximum absolute atomic E-state index is 14.8. The molecule has 2 heterocycles. The Morgan fingerprint density at radius 2 is 2.00 bits per heavy atom. The number of carbonyl (C=O) groups excluding carboxylic acids is 1. The fourth-order valence-corrected chi connectivity index (χ4v) is 6.05. The van der Waals surface area contributed by atoms with E-state index >= 15 is 0 Å². The van der Waals surface area contributed by atoms with Crippen molar-refractivity contribution in [1.29, 1.82) is 0 Å². The van der Waals surface area contributed by atoms with Gasteiger partial charge in [0, 0.05) is 34.7 Å². The number of rotatable bonds is 6. The largest absolute Gasteiger partial charge is 0.462 e. The summed E-state index contributed by atoms with van der Waals surface area (Å²) in [4.78, 5) is 12.0. The predicted octanol–water partition coefficient (Wildman–Crippen LogP) is 7.05. The second-order valence-corrected chi connectivity index (χ2v) is 11.6. The molecule has 1 fully saturated rings. The average Bonchev–Trinajstić information content (AvgIpc) is 3.57. The fraction of sp³-hybridized carbons (Fsp3) is 0.615. The van der Waals surface area contributed by atoms with Gasteiger partial charge in [0.1, 0.15) is 6.10 Å². The first kappa shape index (κ1) is 28.4. The molecule has 0 saturated heterocycles. The van der Waals surface area contributed by atoms with Crippen LogP contribution < -0.4 is 5.32 Å². The molecule has 1 aromatic heterocycles. The van der Waals surface area contributed by atoms with Gasteiger partial charge in [0.15, 0.2) is 11.6 Å². The summed E-state index contributed by atoms with van der Waals surface area (Å²) in [5.74, 6) is 1.89. The van der Waals surface area contributed by atoms with Gasteiger partial charge >= 0.3 is 5.97 Å². The predicted molar refractivity (Wildman–Crippen MR) is 144 cm³/mol. The molecule has 34 heavy (non-hydrogen) atoms. The maximum Gasteiger partial charge on any atom is 0.308 e. The highest BCUT2D eigenvalue weighted by molar-refractivity contribution is 8.28. The summed E-state index contributed by atoms with van der Waals surface area (Å²) in [7, 11) is -0.186. The van der Waals surface area contributed by atoms with E-state index in [2.05, 4.69) is 29.4 Å². The normalized spacial score (nSPS) is 21.4. The molecule has 0 radical (unpaired) electrons. The average molecular weight is 510 g/mol. The Morgan fingerprint density at radius 3 is 2.68 bits per heavy atom. The topological polar surface area (TPSA) is 67.0 Å². The highest BCUT2D eigenvalue weighted by atomic mass is 32.8. The quantitative estimate of drug-likeness (QED) is 0.408. The summed E-state index contributed by atoms with van der Waals surface area (Å²) in [6, 6.07) is 5.65. The molecule has 0 bridgehead atoms. The Balaban J connectivity index is 0.000000758. The van der Waals surface area contributed by atoms with Gasteiger partial charge in [-0.1, -0.05) is 65.2 Å². The van der Waals surface area contributed by atoms with Gasteiger partial charge in [-0.2, -0.15) is 5.10 Å². The minimum atomic E-state index is -0.218. The van der Waals surface area contributed by atoms with Crippen LogP contribution >= 0.6 is 0 Å². The van der Waals surface area contributed by atoms with E-state index in [4.69, 9.17) is 15.9 Å². The van der Waals surface area contributed by atoms with Gasteiger partial charge in [-0.25, -0.2) is 4.39 Å². The molecule has 0 amide bonds. The Kier molecular flexibility index (Phi) is 11.6. The van der Waals surface area contributed by atoms with Crippen LogP contribution in [0.5, 0.6) is 0 Å². The molecule has 4 rings (SSSR count). The lowest BCUT2D eigenvalue weighted by molar-refractivity contribution is -0.153. The first-order chi connectivity index (χ1) is 16.4. The summed E-state index contributed by atoms with van der Waals surface area (Å²) in [6.45, 7) is 12.1. The third-order valence-electron chi connectivity index (χ3n) is 5.94. The van der Waals surface area contributed by atoms with Crippen molar-refractivity contribution in [3.8, 4) is 0 Å². The third kappa shape index (κ3) is 7.35. The highest BCUT2D eigenvalue weighted by Gasteiger charge is 2.31. The van der Waals surface area contributed by atoms with Crippen molar-refractivity contribution in [3.05, 3.63) is 40.8 Å². The molecule has 190 valence electrons. The molecular weight excluding hydrogens is 469 g/mol. The van der Waals surface area contributed by atoms with Crippen molar-refractivity contribution in [1.82, 2.24) is 10.2 Å². The van der Waals surface area contributed by atoms with Crippen LogP contribution in [-0.2, 0) is 41.7 Å². The number of fused-ring (bicyclic) bond motifs is 1. The minimum Gasteiger partial charge on any atom is -0.462 e. The number of carbonyl (C=O) groups is 1. The molecule has 1 aromatic carbocycles. The molecule has 0 spiro atoms. The van der Waals surface area contributed by atoms with Gasteiger partial charge < -0.3 is 10.1 Å². The van der Waals surface area contributed by atoms with E-state index in [1.807, 2.05) is 39.8 Å². The number of aromatic nitrogens is 2. The molecule has 4 atom stereocenters. The van der Waals surface area contributed by atoms with E-state index in [9.17, 15) is 9.18 Å². The maximum atomic E-state index is 14.8. The molecule has 2 aliphatic rings. The highest BCUT2D eigenvalue weighted by Crippen LogP contribution is 2.37. The fourth-order valence-electron chi connectivity index (χ4n) is 3.96. The van der Waals surface area contributed by atoms with Crippen LogP contribution in [0.25, 0.3) is 0 Å². The van der Waals surface area contributed by atoms with Crippen LogP contribution in [-0.4, -0.2) is 22.3 Å². The summed E-state index contributed by atoms with van der Waals surface area (Å²) in [5.41, 5.74) is 3.19. The van der Waals surface area contributed by atoms with Crippen molar-refractivity contribution in [2.45, 2.75) is 97.2 Å². The summed E-state index contributed by atoms with van der Waals surface area (Å²) >= 11 is 5.35. The smallest absolute Gasteiger partial charge is 0.308 e. The van der Waals surface area contributed by atoms with Crippen molar-refractivity contribution in [3.63, 3.8) is 0 Å². The molecule has 4 unspecified atom stereocenters. The number of halogens is 1. The Hall–Kier alpha value is -1.80. The van der Waals surface area contributed by atoms with Gasteiger partial charge in [-0.15, -0.1) is 9.45 Å². The molecule has 1 aliphatic carbocycles. The number of hydrogen-bond acceptors (Lipinski definition) is 5. The lowest BCUT2D eigenvalue weighted by Crippen LogP contribution is -2.20. The first-order valence-electron chi connectivity index (χ1n) is 12.5. The number of anilines is 2. The van der Waals surface area contributed by atoms with E-state index in [-0.39, 0.29) is 39.2 Å². The first-order valence-corrected chi connectivity index (χ1v) is 15.0. The Bertz CT molecular complexity index is 964. The molecular formula is C26H40FN3O2S2. The molecule has 1 saturated carbocycles. The molecule has 2 N–H and O–H groups in total. The number of esters is 1. The number of nitrogens with one attached hydrogen (secondary N) is 2. The van der Waals surface area contributed by atoms with Crippen LogP contribution in [0.2, 0.25) is 0 Å². The van der Waals surface area contributed by atoms with Crippen LogP contribution in [0.4, 0.5) is 15.9 Å². The van der Waals surface area contributed by atoms with Crippen LogP contribution in [0, 0.1) is 11.7 Å². The van der Waals surface area contributed by atoms with E-state index in [0.29, 0.717) is 17.3 Å². The second kappa shape index (κ2) is 13.9. The van der Waals surface area contributed by atoms with Crippen molar-refractivity contribution in [2.24, 2.45) is 5.92 Å². The summed E-state index contributed by atoms with van der Waals surface area (Å²) in [5, 5.41) is 10.5. The van der Waals surface area contributed by atoms with Crippen molar-refractivity contribution < 1.29 is 13.9 Å². The molecule has 1 aliphatic heterocycles. The Labute approximate surface area is 211 Å². The molecule has 8 heteroatoms. The van der Waals surface area contributed by atoms with E-state index in [1.54, 1.807) is 6.07 Å². The van der Waals surface area contributed by atoms with Crippen LogP contribution in [0.3, 0.4) is 0 Å². The zero-order chi connectivity index (χ0) is 25.3. The standard InChI is InChI=1S/C21H26FN3O2S2.C3H8.C2H6/c1-3-12(2)21(26)27-15-6-4-13(8-15)18-9-19(25-24-18)23-17-7-5-14-10-29(28)11-16(14)20(17)22;1-3-2;1-2/h5,7,9,12-13,15H,3-4,6,8,10-11H2,1-2H3,(H2,23,24,25);3H2,1-2H3;1-2H3. The van der Waals surface area contributed by atoms with E-state index in [0.717, 1.165) is 48.3 Å². The minimum absolute atomic E-state index is 0.0393. The number of aromatic amines is 1. The molecule has 5 nitrogen and oxygen atoms in total. The van der Waals surface area contributed by atoms with Crippen molar-refractivity contribution >= 4 is 38.1 Å². The monoisotopic (exact) mass is 509 g/mol. The van der Waals surface area contributed by atoms with Gasteiger partial charge in [0.2, 0.25) is 0 Å². The van der Waals surface area contributed by atoms with Gasteiger partial charge in [0.25, 0.3) is 0 Å². The number of nitrogens with zero attached hydrogens (tertiary/aromatic N) is 1. The van der Waals surface area contributed by atoms with Crippen molar-refractivity contribution in [2.75, 3.05) is 5.32 Å². The van der Waals surface area contributed by atoms with Gasteiger partial charge in [-0.3, -0.25) is 9.89 Å². The van der Waals surface area contributed by atoms with Gasteiger partial charge in [-0.05, 0) is 37.3 Å².